The third kappa shape index (κ3) is 1.28. The van der Waals surface area contributed by atoms with Gasteiger partial charge >= 0.3 is 0 Å². The first-order valence-electron chi connectivity index (χ1n) is 4.15. The van der Waals surface area contributed by atoms with Crippen LogP contribution in [-0.4, -0.2) is 37.6 Å². The summed E-state index contributed by atoms with van der Waals surface area (Å²) >= 11 is 0. The number of hydrogen-bond acceptors (Lipinski definition) is 3. The first-order valence-corrected chi connectivity index (χ1v) is 4.15. The van der Waals surface area contributed by atoms with E-state index in [4.69, 9.17) is 14.6 Å². The van der Waals surface area contributed by atoms with Gasteiger partial charge in [0.15, 0.2) is 0 Å². The van der Waals surface area contributed by atoms with E-state index in [1.807, 2.05) is 0 Å². The molecule has 2 fully saturated rings. The van der Waals surface area contributed by atoms with Gasteiger partial charge in [0.1, 0.15) is 0 Å². The first kappa shape index (κ1) is 7.53. The molecular weight excluding hydrogens is 144 g/mol. The number of aliphatic hydroxyl groups excluding tert-OH is 1. The zero-order chi connectivity index (χ0) is 7.73. The van der Waals surface area contributed by atoms with E-state index < -0.39 is 0 Å². The van der Waals surface area contributed by atoms with E-state index in [1.54, 1.807) is 0 Å². The van der Waals surface area contributed by atoms with E-state index in [0.29, 0.717) is 0 Å². The van der Waals surface area contributed by atoms with Gasteiger partial charge in [0, 0.05) is 12.0 Å². The van der Waals surface area contributed by atoms with Crippen LogP contribution in [0.5, 0.6) is 0 Å². The van der Waals surface area contributed by atoms with Crippen molar-refractivity contribution in [1.82, 2.24) is 0 Å². The third-order valence-corrected chi connectivity index (χ3v) is 2.67. The fourth-order valence-electron chi connectivity index (χ4n) is 1.94. The molecular formula is C8H14O3. The van der Waals surface area contributed by atoms with Crippen molar-refractivity contribution in [2.75, 3.05) is 26.4 Å². The first-order chi connectivity index (χ1) is 5.35. The van der Waals surface area contributed by atoms with Gasteiger partial charge in [0.05, 0.1) is 25.9 Å². The lowest BCUT2D eigenvalue weighted by atomic mass is 9.85. The van der Waals surface area contributed by atoms with Crippen LogP contribution in [0.15, 0.2) is 0 Å². The van der Waals surface area contributed by atoms with Crippen molar-refractivity contribution < 1.29 is 14.6 Å². The highest BCUT2D eigenvalue weighted by Crippen LogP contribution is 2.39. The normalized spacial score (nSPS) is 43.9. The molecule has 0 aromatic carbocycles. The van der Waals surface area contributed by atoms with E-state index in [0.717, 1.165) is 32.7 Å². The minimum atomic E-state index is 0.0664. The monoisotopic (exact) mass is 158 g/mol. The predicted molar refractivity (Wildman–Crippen MR) is 39.3 cm³/mol. The third-order valence-electron chi connectivity index (χ3n) is 2.67. The van der Waals surface area contributed by atoms with Crippen LogP contribution in [0.1, 0.15) is 12.8 Å². The topological polar surface area (TPSA) is 38.7 Å². The predicted octanol–water partition coefficient (Wildman–Crippen LogP) is 0.174. The number of ether oxygens (including phenoxy) is 2. The van der Waals surface area contributed by atoms with Crippen molar-refractivity contribution in [3.8, 4) is 0 Å². The van der Waals surface area contributed by atoms with Crippen LogP contribution in [0.25, 0.3) is 0 Å². The molecule has 0 aromatic heterocycles. The highest BCUT2D eigenvalue weighted by Gasteiger charge is 2.42. The maximum absolute atomic E-state index is 8.84. The molecule has 0 aromatic rings. The molecule has 1 N–H and O–H groups in total. The number of hydrogen-bond donors (Lipinski definition) is 1. The second kappa shape index (κ2) is 2.73. The Balaban J connectivity index is 1.96. The summed E-state index contributed by atoms with van der Waals surface area (Å²) in [5, 5.41) is 8.84. The molecule has 0 amide bonds. The molecule has 3 heteroatoms. The average Bonchev–Trinajstić information content (AvgIpc) is 2.62. The molecule has 2 rings (SSSR count). The second-order valence-corrected chi connectivity index (χ2v) is 3.62. The van der Waals surface area contributed by atoms with Crippen LogP contribution in [0.2, 0.25) is 0 Å². The average molecular weight is 158 g/mol. The van der Waals surface area contributed by atoms with E-state index in [1.165, 1.54) is 0 Å². The summed E-state index contributed by atoms with van der Waals surface area (Å²) in [7, 11) is 0. The molecule has 0 bridgehead atoms. The fraction of sp³-hybridized carbons (Fsp3) is 1.00. The SMILES string of the molecule is OC[C@@H]1C[C@@]2(CCOC2)CO1. The summed E-state index contributed by atoms with van der Waals surface area (Å²) in [5.74, 6) is 0. The Labute approximate surface area is 66.3 Å². The lowest BCUT2D eigenvalue weighted by Gasteiger charge is -2.17. The summed E-state index contributed by atoms with van der Waals surface area (Å²) in [4.78, 5) is 0. The summed E-state index contributed by atoms with van der Waals surface area (Å²) in [5.41, 5.74) is 0.257. The summed E-state index contributed by atoms with van der Waals surface area (Å²) in [6.45, 7) is 2.62. The van der Waals surface area contributed by atoms with Gasteiger partial charge in [-0.05, 0) is 12.8 Å². The van der Waals surface area contributed by atoms with Crippen molar-refractivity contribution in [1.29, 1.82) is 0 Å². The van der Waals surface area contributed by atoms with Crippen molar-refractivity contribution in [3.63, 3.8) is 0 Å². The molecule has 2 aliphatic rings. The van der Waals surface area contributed by atoms with E-state index >= 15 is 0 Å². The smallest absolute Gasteiger partial charge is 0.0813 e. The molecule has 11 heavy (non-hydrogen) atoms. The molecule has 2 atom stereocenters. The van der Waals surface area contributed by atoms with Gasteiger partial charge in [-0.2, -0.15) is 0 Å². The van der Waals surface area contributed by atoms with Crippen LogP contribution in [-0.2, 0) is 9.47 Å². The highest BCUT2D eigenvalue weighted by molar-refractivity contribution is 4.90. The molecule has 0 unspecified atom stereocenters. The van der Waals surface area contributed by atoms with Crippen molar-refractivity contribution in [3.05, 3.63) is 0 Å². The standard InChI is InChI=1S/C8H14O3/c9-4-7-3-8(6-11-7)1-2-10-5-8/h7,9H,1-6H2/t7-,8+/m0/s1. The number of aliphatic hydroxyl groups is 1. The molecule has 2 saturated heterocycles. The summed E-state index contributed by atoms with van der Waals surface area (Å²) in [6, 6.07) is 0. The summed E-state index contributed by atoms with van der Waals surface area (Å²) in [6.07, 6.45) is 2.14. The van der Waals surface area contributed by atoms with Crippen LogP contribution in [0.3, 0.4) is 0 Å². The largest absolute Gasteiger partial charge is 0.394 e. The molecule has 1 spiro atoms. The van der Waals surface area contributed by atoms with Gasteiger partial charge in [-0.1, -0.05) is 0 Å². The van der Waals surface area contributed by atoms with Crippen molar-refractivity contribution >= 4 is 0 Å². The minimum absolute atomic E-state index is 0.0664. The molecule has 0 radical (unpaired) electrons. The van der Waals surface area contributed by atoms with Crippen molar-refractivity contribution in [2.24, 2.45) is 5.41 Å². The summed E-state index contributed by atoms with van der Waals surface area (Å²) < 4.78 is 10.7. The zero-order valence-electron chi connectivity index (χ0n) is 6.58. The Morgan fingerprint density at radius 3 is 2.91 bits per heavy atom. The van der Waals surface area contributed by atoms with Gasteiger partial charge in [-0.3, -0.25) is 0 Å². The molecule has 64 valence electrons. The number of rotatable bonds is 1. The van der Waals surface area contributed by atoms with Gasteiger partial charge in [0.25, 0.3) is 0 Å². The fourth-order valence-corrected chi connectivity index (χ4v) is 1.94. The lowest BCUT2D eigenvalue weighted by molar-refractivity contribution is 0.0512. The van der Waals surface area contributed by atoms with Crippen LogP contribution < -0.4 is 0 Å². The van der Waals surface area contributed by atoms with Crippen LogP contribution >= 0.6 is 0 Å². The Hall–Kier alpha value is -0.120. The Morgan fingerprint density at radius 1 is 1.45 bits per heavy atom. The van der Waals surface area contributed by atoms with E-state index in [2.05, 4.69) is 0 Å². The Morgan fingerprint density at radius 2 is 2.36 bits per heavy atom. The van der Waals surface area contributed by atoms with Crippen LogP contribution in [0, 0.1) is 5.41 Å². The van der Waals surface area contributed by atoms with E-state index in [-0.39, 0.29) is 18.1 Å². The van der Waals surface area contributed by atoms with E-state index in [9.17, 15) is 0 Å². The van der Waals surface area contributed by atoms with Gasteiger partial charge in [0.2, 0.25) is 0 Å². The van der Waals surface area contributed by atoms with Gasteiger partial charge in [-0.25, -0.2) is 0 Å². The highest BCUT2D eigenvalue weighted by atomic mass is 16.5. The van der Waals surface area contributed by atoms with Crippen LogP contribution in [0.4, 0.5) is 0 Å². The maximum atomic E-state index is 8.84. The molecule has 2 heterocycles. The maximum Gasteiger partial charge on any atom is 0.0813 e. The molecule has 3 nitrogen and oxygen atoms in total. The Bertz CT molecular complexity index is 140. The van der Waals surface area contributed by atoms with Gasteiger partial charge in [-0.15, -0.1) is 0 Å². The lowest BCUT2D eigenvalue weighted by Crippen LogP contribution is -2.21. The van der Waals surface area contributed by atoms with Gasteiger partial charge < -0.3 is 14.6 Å². The molecule has 0 saturated carbocycles. The van der Waals surface area contributed by atoms with Crippen molar-refractivity contribution in [2.45, 2.75) is 18.9 Å². The molecule has 2 aliphatic heterocycles. The Kier molecular flexibility index (Phi) is 1.87. The molecule has 0 aliphatic carbocycles. The minimum Gasteiger partial charge on any atom is -0.394 e. The second-order valence-electron chi connectivity index (χ2n) is 3.62. The quantitative estimate of drug-likeness (QED) is 0.591. The zero-order valence-corrected chi connectivity index (χ0v) is 6.58.